The molecule has 0 unspecified atom stereocenters. The van der Waals surface area contributed by atoms with Crippen LogP contribution in [-0.2, 0) is 15.7 Å². The summed E-state index contributed by atoms with van der Waals surface area (Å²) < 4.78 is 44.9. The normalized spacial score (nSPS) is 24.4. The Morgan fingerprint density at radius 1 is 0.968 bits per heavy atom. The van der Waals surface area contributed by atoms with E-state index in [1.807, 2.05) is 0 Å². The summed E-state index contributed by atoms with van der Waals surface area (Å²) in [6.45, 7) is 0.116. The van der Waals surface area contributed by atoms with E-state index in [9.17, 15) is 22.8 Å². The van der Waals surface area contributed by atoms with Crippen LogP contribution in [0.2, 0.25) is 0 Å². The fourth-order valence-corrected chi connectivity index (χ4v) is 5.16. The van der Waals surface area contributed by atoms with Crippen LogP contribution in [0.4, 0.5) is 13.2 Å². The molecular formula is C23H29F3N2O3. The van der Waals surface area contributed by atoms with E-state index in [0.717, 1.165) is 57.1 Å². The summed E-state index contributed by atoms with van der Waals surface area (Å²) in [6.07, 6.45) is 4.77. The molecule has 1 spiro atoms. The van der Waals surface area contributed by atoms with Crippen LogP contribution in [0.3, 0.4) is 0 Å². The lowest BCUT2D eigenvalue weighted by Crippen LogP contribution is -2.57. The number of carbonyl (C=O) groups is 2. The quantitative estimate of drug-likeness (QED) is 0.747. The molecule has 2 amide bonds. The van der Waals surface area contributed by atoms with Gasteiger partial charge in [0, 0.05) is 11.6 Å². The number of carbonyl (C=O) groups excluding carboxylic acids is 2. The molecule has 3 aliphatic rings. The van der Waals surface area contributed by atoms with Gasteiger partial charge in [-0.1, -0.05) is 25.7 Å². The van der Waals surface area contributed by atoms with Gasteiger partial charge in [0.2, 0.25) is 5.91 Å². The van der Waals surface area contributed by atoms with Crippen molar-refractivity contribution in [3.8, 4) is 0 Å². The first-order valence-corrected chi connectivity index (χ1v) is 11.3. The van der Waals surface area contributed by atoms with Gasteiger partial charge in [-0.2, -0.15) is 13.2 Å². The Bertz CT molecular complexity index is 797. The van der Waals surface area contributed by atoms with E-state index in [2.05, 4.69) is 5.32 Å². The third-order valence-electron chi connectivity index (χ3n) is 6.83. The van der Waals surface area contributed by atoms with E-state index >= 15 is 0 Å². The smallest absolute Gasteiger partial charge is 0.353 e. The Balaban J connectivity index is 1.58. The number of nitrogens with one attached hydrogen (secondary N) is 1. The van der Waals surface area contributed by atoms with E-state index < -0.39 is 29.4 Å². The molecule has 4 rings (SSSR count). The highest BCUT2D eigenvalue weighted by atomic mass is 19.4. The monoisotopic (exact) mass is 438 g/mol. The van der Waals surface area contributed by atoms with Gasteiger partial charge < -0.3 is 10.1 Å². The van der Waals surface area contributed by atoms with Crippen molar-refractivity contribution in [1.82, 2.24) is 10.2 Å². The number of rotatable bonds is 3. The standard InChI is InChI=1S/C23H29F3N2O3/c24-23(25,26)17-11-9-16(10-12-17)21(30)28-19(15-31-22(28)13-5-2-6-14-22)20(29)27-18-7-3-1-4-8-18/h9-12,18-19H,1-8,13-15H2,(H,27,29)/t19-/m1/s1. The molecule has 1 N–H and O–H groups in total. The number of halogens is 3. The average Bonchev–Trinajstić information content (AvgIpc) is 3.12. The summed E-state index contributed by atoms with van der Waals surface area (Å²) >= 11 is 0. The van der Waals surface area contributed by atoms with Crippen molar-refractivity contribution in [2.45, 2.75) is 88.2 Å². The molecule has 1 heterocycles. The van der Waals surface area contributed by atoms with Crippen LogP contribution in [0.5, 0.6) is 0 Å². The second kappa shape index (κ2) is 8.81. The minimum Gasteiger partial charge on any atom is -0.353 e. The molecule has 0 aromatic heterocycles. The second-order valence-electron chi connectivity index (χ2n) is 8.93. The molecule has 8 heteroatoms. The molecule has 1 saturated heterocycles. The third-order valence-corrected chi connectivity index (χ3v) is 6.83. The lowest BCUT2D eigenvalue weighted by atomic mass is 9.89. The highest BCUT2D eigenvalue weighted by Crippen LogP contribution is 2.41. The van der Waals surface area contributed by atoms with Crippen molar-refractivity contribution >= 4 is 11.8 Å². The lowest BCUT2D eigenvalue weighted by molar-refractivity contribution is -0.137. The zero-order chi connectivity index (χ0) is 22.1. The van der Waals surface area contributed by atoms with Crippen LogP contribution < -0.4 is 5.32 Å². The summed E-state index contributed by atoms with van der Waals surface area (Å²) in [7, 11) is 0. The maximum absolute atomic E-state index is 13.5. The topological polar surface area (TPSA) is 58.6 Å². The van der Waals surface area contributed by atoms with Crippen molar-refractivity contribution < 1.29 is 27.5 Å². The van der Waals surface area contributed by atoms with Crippen molar-refractivity contribution in [2.75, 3.05) is 6.61 Å². The van der Waals surface area contributed by atoms with Crippen LogP contribution in [0.25, 0.3) is 0 Å². The van der Waals surface area contributed by atoms with Crippen molar-refractivity contribution in [1.29, 1.82) is 0 Å². The largest absolute Gasteiger partial charge is 0.416 e. The molecule has 3 fully saturated rings. The summed E-state index contributed by atoms with van der Waals surface area (Å²) in [4.78, 5) is 28.1. The fourth-order valence-electron chi connectivity index (χ4n) is 5.16. The van der Waals surface area contributed by atoms with Gasteiger partial charge in [-0.3, -0.25) is 14.5 Å². The first kappa shape index (κ1) is 22.1. The van der Waals surface area contributed by atoms with E-state index in [0.29, 0.717) is 12.8 Å². The molecule has 0 bridgehead atoms. The maximum Gasteiger partial charge on any atom is 0.416 e. The number of alkyl halides is 3. The Morgan fingerprint density at radius 2 is 1.58 bits per heavy atom. The number of hydrogen-bond acceptors (Lipinski definition) is 3. The number of nitrogens with zero attached hydrogens (tertiary/aromatic N) is 1. The average molecular weight is 438 g/mol. The Morgan fingerprint density at radius 3 is 2.19 bits per heavy atom. The van der Waals surface area contributed by atoms with Crippen LogP contribution in [0.15, 0.2) is 24.3 Å². The van der Waals surface area contributed by atoms with Gasteiger partial charge in [-0.15, -0.1) is 0 Å². The number of ether oxygens (including phenoxy) is 1. The highest BCUT2D eigenvalue weighted by Gasteiger charge is 2.53. The van der Waals surface area contributed by atoms with Crippen molar-refractivity contribution in [3.63, 3.8) is 0 Å². The predicted molar refractivity (Wildman–Crippen MR) is 108 cm³/mol. The highest BCUT2D eigenvalue weighted by molar-refractivity contribution is 5.98. The molecule has 1 aliphatic heterocycles. The Hall–Kier alpha value is -2.09. The first-order chi connectivity index (χ1) is 14.8. The zero-order valence-corrected chi connectivity index (χ0v) is 17.5. The van der Waals surface area contributed by atoms with E-state index in [4.69, 9.17) is 4.74 Å². The van der Waals surface area contributed by atoms with E-state index in [1.165, 1.54) is 23.5 Å². The molecule has 31 heavy (non-hydrogen) atoms. The minimum absolute atomic E-state index is 0.104. The predicted octanol–water partition coefficient (Wildman–Crippen LogP) is 4.66. The fraction of sp³-hybridized carbons (Fsp3) is 0.652. The first-order valence-electron chi connectivity index (χ1n) is 11.3. The second-order valence-corrected chi connectivity index (χ2v) is 8.93. The van der Waals surface area contributed by atoms with Crippen LogP contribution >= 0.6 is 0 Å². The van der Waals surface area contributed by atoms with Gasteiger partial charge in [0.15, 0.2) is 0 Å². The summed E-state index contributed by atoms with van der Waals surface area (Å²) in [5, 5.41) is 3.09. The molecular weight excluding hydrogens is 409 g/mol. The van der Waals surface area contributed by atoms with Crippen LogP contribution in [0, 0.1) is 0 Å². The van der Waals surface area contributed by atoms with Crippen molar-refractivity contribution in [2.24, 2.45) is 0 Å². The molecule has 170 valence electrons. The Labute approximate surface area is 180 Å². The molecule has 0 radical (unpaired) electrons. The number of benzene rings is 1. The van der Waals surface area contributed by atoms with Gasteiger partial charge >= 0.3 is 6.18 Å². The minimum atomic E-state index is -4.47. The number of amides is 2. The number of hydrogen-bond donors (Lipinski definition) is 1. The van der Waals surface area contributed by atoms with E-state index in [1.54, 1.807) is 0 Å². The SMILES string of the molecule is O=C(NC1CCCCC1)[C@H]1COC2(CCCCC2)N1C(=O)c1ccc(C(F)(F)F)cc1. The van der Waals surface area contributed by atoms with Crippen LogP contribution in [-0.4, -0.2) is 41.1 Å². The maximum atomic E-state index is 13.5. The zero-order valence-electron chi connectivity index (χ0n) is 17.5. The van der Waals surface area contributed by atoms with Crippen LogP contribution in [0.1, 0.15) is 80.1 Å². The lowest BCUT2D eigenvalue weighted by Gasteiger charge is -2.41. The van der Waals surface area contributed by atoms with Gasteiger partial charge in [-0.25, -0.2) is 0 Å². The van der Waals surface area contributed by atoms with Gasteiger partial charge in [0.25, 0.3) is 5.91 Å². The third kappa shape index (κ3) is 4.59. The molecule has 2 saturated carbocycles. The van der Waals surface area contributed by atoms with Gasteiger partial charge in [0.1, 0.15) is 11.8 Å². The summed E-state index contributed by atoms with van der Waals surface area (Å²) in [6, 6.07) is 3.54. The molecule has 1 aromatic carbocycles. The molecule has 5 nitrogen and oxygen atoms in total. The summed E-state index contributed by atoms with van der Waals surface area (Å²) in [5.41, 5.74) is -1.52. The Kier molecular flexibility index (Phi) is 6.28. The van der Waals surface area contributed by atoms with Gasteiger partial charge in [0.05, 0.1) is 12.2 Å². The van der Waals surface area contributed by atoms with E-state index in [-0.39, 0.29) is 24.1 Å². The van der Waals surface area contributed by atoms with Crippen molar-refractivity contribution in [3.05, 3.63) is 35.4 Å². The molecule has 1 atom stereocenters. The molecule has 2 aliphatic carbocycles. The van der Waals surface area contributed by atoms with Gasteiger partial charge in [-0.05, 0) is 62.8 Å². The summed E-state index contributed by atoms with van der Waals surface area (Å²) in [5.74, 6) is -0.675. The molecule has 1 aromatic rings.